The fraction of sp³-hybridized carbons (Fsp3) is 0.528. The number of allylic oxidation sites excluding steroid dienone is 1. The van der Waals surface area contributed by atoms with E-state index in [-0.39, 0.29) is 47.6 Å². The fourth-order valence-corrected chi connectivity index (χ4v) is 10.3. The zero-order valence-electron chi connectivity index (χ0n) is 30.4. The number of ether oxygens (including phenoxy) is 2. The lowest BCUT2D eigenvalue weighted by Gasteiger charge is -2.30. The molecule has 2 fully saturated rings. The zero-order valence-corrected chi connectivity index (χ0v) is 33.5. The number of benzene rings is 1. The number of rotatable bonds is 5. The SMILES string of the molecule is CC(C)(C)OC(=O)N[C@H]1CCCCC/C=C\[C@H]2C[C@@]2(C(=O)NS(=O)(=O)c2cc(Cl)sc2Cl)NC(=O)[C@@H]2C[C@@H](OC(=O)N3Cc4cccc(F)c4C3)CN2C1=O. The quantitative estimate of drug-likeness (QED) is 0.332. The average molecular weight is 843 g/mol. The molecule has 14 nitrogen and oxygen atoms in total. The van der Waals surface area contributed by atoms with Crippen LogP contribution in [0.15, 0.2) is 41.3 Å². The second-order valence-electron chi connectivity index (χ2n) is 15.1. The summed E-state index contributed by atoms with van der Waals surface area (Å²) in [6, 6.07) is 3.26. The number of carbonyl (C=O) groups is 5. The Bertz CT molecular complexity index is 2020. The normalized spacial score (nSPS) is 26.4. The minimum atomic E-state index is -4.51. The van der Waals surface area contributed by atoms with Gasteiger partial charge in [-0.1, -0.05) is 60.3 Å². The number of hydrogen-bond acceptors (Lipinski definition) is 10. The highest BCUT2D eigenvalue weighted by Crippen LogP contribution is 2.46. The number of amides is 5. The lowest BCUT2D eigenvalue weighted by atomic mass is 10.0. The van der Waals surface area contributed by atoms with Gasteiger partial charge in [-0.2, -0.15) is 0 Å². The summed E-state index contributed by atoms with van der Waals surface area (Å²) in [5.74, 6) is -3.48. The molecule has 19 heteroatoms. The maximum absolute atomic E-state index is 14.4. The zero-order chi connectivity index (χ0) is 39.9. The number of halogens is 3. The van der Waals surface area contributed by atoms with Gasteiger partial charge in [0.1, 0.15) is 44.4 Å². The first kappa shape index (κ1) is 40.7. The van der Waals surface area contributed by atoms with Crippen LogP contribution in [0.3, 0.4) is 0 Å². The summed E-state index contributed by atoms with van der Waals surface area (Å²) >= 11 is 12.9. The van der Waals surface area contributed by atoms with E-state index in [1.165, 1.54) is 15.9 Å². The van der Waals surface area contributed by atoms with E-state index < -0.39 is 85.9 Å². The number of hydrogen-bond donors (Lipinski definition) is 3. The maximum atomic E-state index is 14.4. The van der Waals surface area contributed by atoms with Crippen LogP contribution < -0.4 is 15.4 Å². The predicted molar refractivity (Wildman–Crippen MR) is 200 cm³/mol. The Morgan fingerprint density at radius 1 is 1.11 bits per heavy atom. The molecule has 1 aromatic carbocycles. The molecule has 1 aromatic heterocycles. The molecular formula is C36H42Cl2FN5O9S2. The third-order valence-corrected chi connectivity index (χ3v) is 13.0. The first-order chi connectivity index (χ1) is 25.9. The highest BCUT2D eigenvalue weighted by atomic mass is 35.5. The highest BCUT2D eigenvalue weighted by molar-refractivity contribution is 7.90. The molecule has 1 saturated carbocycles. The maximum Gasteiger partial charge on any atom is 0.410 e. The van der Waals surface area contributed by atoms with Crippen LogP contribution in [-0.4, -0.2) is 84.0 Å². The van der Waals surface area contributed by atoms with Gasteiger partial charge in [0.2, 0.25) is 11.8 Å². The van der Waals surface area contributed by atoms with E-state index in [4.69, 9.17) is 32.7 Å². The van der Waals surface area contributed by atoms with Gasteiger partial charge in [-0.25, -0.2) is 27.1 Å². The number of alkyl carbamates (subject to hydrolysis) is 1. The second kappa shape index (κ2) is 15.9. The largest absolute Gasteiger partial charge is 0.444 e. The van der Waals surface area contributed by atoms with Gasteiger partial charge >= 0.3 is 12.2 Å². The van der Waals surface area contributed by atoms with Gasteiger partial charge in [0.05, 0.1) is 17.4 Å². The Balaban J connectivity index is 1.27. The molecule has 55 heavy (non-hydrogen) atoms. The van der Waals surface area contributed by atoms with Crippen LogP contribution in [-0.2, 0) is 47.0 Å². The minimum Gasteiger partial charge on any atom is -0.444 e. The van der Waals surface area contributed by atoms with Crippen LogP contribution >= 0.6 is 34.5 Å². The van der Waals surface area contributed by atoms with Crippen LogP contribution in [0.25, 0.3) is 0 Å². The molecule has 5 amide bonds. The van der Waals surface area contributed by atoms with Crippen molar-refractivity contribution in [2.45, 2.75) is 113 Å². The van der Waals surface area contributed by atoms with E-state index in [1.807, 2.05) is 10.8 Å². The standard InChI is InChI=1S/C36H42Cl2FN5O9S2/c1-35(2,3)53-33(48)40-25-13-8-6-4-5-7-11-21-16-36(21,32(47)42-55(50,51)27-15-28(37)54-29(27)38)41-30(45)26-14-22(18-44(26)31(25)46)52-34(49)43-17-20-10-9-12-24(39)23(20)19-43/h7,9-12,15,21-22,25-26H,4-6,8,13-14,16-19H2,1-3H3,(H,40,48)(H,41,45)(H,42,47)/b11-7-/t21-,22+,25-,26-,36+/m0/s1. The Morgan fingerprint density at radius 3 is 2.56 bits per heavy atom. The lowest BCUT2D eigenvalue weighted by Crippen LogP contribution is -2.58. The Kier molecular flexibility index (Phi) is 11.8. The van der Waals surface area contributed by atoms with Crippen LogP contribution in [0.2, 0.25) is 8.67 Å². The first-order valence-corrected chi connectivity index (χ1v) is 20.9. The molecule has 1 aliphatic carbocycles. The number of thiophene rings is 1. The number of nitrogens with zero attached hydrogens (tertiary/aromatic N) is 2. The predicted octanol–water partition coefficient (Wildman–Crippen LogP) is 5.41. The molecule has 0 bridgehead atoms. The van der Waals surface area contributed by atoms with E-state index >= 15 is 0 Å². The van der Waals surface area contributed by atoms with Crippen molar-refractivity contribution in [3.8, 4) is 0 Å². The molecule has 4 aliphatic rings. The molecular weight excluding hydrogens is 800 g/mol. The molecule has 3 N–H and O–H groups in total. The molecule has 0 radical (unpaired) electrons. The topological polar surface area (TPSA) is 181 Å². The third kappa shape index (κ3) is 9.21. The summed E-state index contributed by atoms with van der Waals surface area (Å²) < 4.78 is 54.2. The Labute approximate surface area is 332 Å². The fourth-order valence-electron chi connectivity index (χ4n) is 7.12. The van der Waals surface area contributed by atoms with Crippen molar-refractivity contribution in [1.82, 2.24) is 25.2 Å². The van der Waals surface area contributed by atoms with Crippen LogP contribution in [0, 0.1) is 11.7 Å². The number of sulfonamides is 1. The highest BCUT2D eigenvalue weighted by Gasteiger charge is 2.62. The number of fused-ring (bicyclic) bond motifs is 3. The lowest BCUT2D eigenvalue weighted by molar-refractivity contribution is -0.141. The van der Waals surface area contributed by atoms with E-state index in [1.54, 1.807) is 39.0 Å². The van der Waals surface area contributed by atoms with Crippen molar-refractivity contribution in [1.29, 1.82) is 0 Å². The van der Waals surface area contributed by atoms with Crippen molar-refractivity contribution in [3.05, 3.63) is 62.0 Å². The third-order valence-electron chi connectivity index (χ3n) is 9.93. The Hall–Kier alpha value is -3.93. The summed E-state index contributed by atoms with van der Waals surface area (Å²) in [5, 5.41) is 5.39. The molecule has 1 saturated heterocycles. The monoisotopic (exact) mass is 841 g/mol. The van der Waals surface area contributed by atoms with Crippen molar-refractivity contribution < 1.29 is 46.3 Å². The van der Waals surface area contributed by atoms with Crippen molar-refractivity contribution >= 4 is 74.5 Å². The van der Waals surface area contributed by atoms with Gasteiger partial charge in [0, 0.05) is 24.4 Å². The van der Waals surface area contributed by atoms with Gasteiger partial charge in [0.25, 0.3) is 15.9 Å². The average Bonchev–Trinajstić information content (AvgIpc) is 3.39. The molecule has 2 aromatic rings. The number of carbonyl (C=O) groups excluding carboxylic acids is 5. The summed E-state index contributed by atoms with van der Waals surface area (Å²) in [6.45, 7) is 4.87. The molecule has 3 aliphatic heterocycles. The smallest absolute Gasteiger partial charge is 0.410 e. The minimum absolute atomic E-state index is 0.0275. The van der Waals surface area contributed by atoms with Crippen molar-refractivity contribution in [3.63, 3.8) is 0 Å². The van der Waals surface area contributed by atoms with Gasteiger partial charge in [-0.15, -0.1) is 11.3 Å². The molecule has 298 valence electrons. The van der Waals surface area contributed by atoms with Crippen LogP contribution in [0.1, 0.15) is 76.8 Å². The summed E-state index contributed by atoms with van der Waals surface area (Å²) in [4.78, 5) is 71.0. The Morgan fingerprint density at radius 2 is 1.87 bits per heavy atom. The van der Waals surface area contributed by atoms with Crippen molar-refractivity contribution in [2.24, 2.45) is 5.92 Å². The summed E-state index contributed by atoms with van der Waals surface area (Å²) in [6.07, 6.45) is 3.63. The van der Waals surface area contributed by atoms with E-state index in [9.17, 15) is 36.8 Å². The van der Waals surface area contributed by atoms with Gasteiger partial charge < -0.3 is 25.0 Å². The molecule has 6 rings (SSSR count). The van der Waals surface area contributed by atoms with E-state index in [2.05, 4.69) is 10.6 Å². The molecule has 5 atom stereocenters. The van der Waals surface area contributed by atoms with Gasteiger partial charge in [0.15, 0.2) is 0 Å². The van der Waals surface area contributed by atoms with E-state index in [0.29, 0.717) is 36.8 Å². The van der Waals surface area contributed by atoms with Gasteiger partial charge in [-0.3, -0.25) is 19.3 Å². The number of nitrogens with one attached hydrogen (secondary N) is 3. The van der Waals surface area contributed by atoms with Crippen molar-refractivity contribution in [2.75, 3.05) is 6.54 Å². The summed E-state index contributed by atoms with van der Waals surface area (Å²) in [7, 11) is -4.51. The van der Waals surface area contributed by atoms with Gasteiger partial charge in [-0.05, 0) is 64.2 Å². The second-order valence-corrected chi connectivity index (χ2v) is 19.1. The van der Waals surface area contributed by atoms with E-state index in [0.717, 1.165) is 17.4 Å². The van der Waals surface area contributed by atoms with Crippen LogP contribution in [0.5, 0.6) is 0 Å². The van der Waals surface area contributed by atoms with Crippen LogP contribution in [0.4, 0.5) is 14.0 Å². The molecule has 4 heterocycles. The summed E-state index contributed by atoms with van der Waals surface area (Å²) in [5.41, 5.74) is -1.58. The molecule has 0 unspecified atom stereocenters. The first-order valence-electron chi connectivity index (χ1n) is 17.9. The molecule has 0 spiro atoms.